The molecule has 3 nitrogen and oxygen atoms in total. The number of allylic oxidation sites excluding steroid dienone is 2. The van der Waals surface area contributed by atoms with Crippen LogP contribution in [0.1, 0.15) is 65.2 Å². The highest BCUT2D eigenvalue weighted by atomic mass is 16.4. The average molecular weight is 316 g/mol. The summed E-state index contributed by atoms with van der Waals surface area (Å²) in [6.45, 7) is 4.63. The van der Waals surface area contributed by atoms with Crippen molar-refractivity contribution in [2.24, 2.45) is 34.5 Å². The van der Waals surface area contributed by atoms with Gasteiger partial charge >= 0.3 is 5.97 Å². The van der Waals surface area contributed by atoms with Crippen LogP contribution in [0.25, 0.3) is 0 Å². The van der Waals surface area contributed by atoms with Crippen LogP contribution in [0, 0.1) is 34.5 Å². The van der Waals surface area contributed by atoms with Crippen LogP contribution in [-0.2, 0) is 9.59 Å². The number of fused-ring (bicyclic) bond motifs is 5. The maximum Gasteiger partial charge on any atom is 0.307 e. The lowest BCUT2D eigenvalue weighted by molar-refractivity contribution is -0.149. The number of carboxylic acid groups (broad SMARTS) is 1. The Morgan fingerprint density at radius 2 is 1.96 bits per heavy atom. The fraction of sp³-hybridized carbons (Fsp3) is 0.800. The van der Waals surface area contributed by atoms with Gasteiger partial charge in [-0.1, -0.05) is 25.5 Å². The molecule has 6 atom stereocenters. The standard InChI is InChI=1S/C20H28O3/c1-19-9-7-13(21)11-12(19)3-4-14-15-5-6-17(18(22)23)20(15,2)10-8-16(14)19/h3,14-17H,4-11H2,1-2H3,(H,22,23)/t14?,15?,16?,17-,19+,20+/m1/s1. The molecule has 126 valence electrons. The van der Waals surface area contributed by atoms with Crippen LogP contribution in [0.2, 0.25) is 0 Å². The third kappa shape index (κ3) is 2.01. The zero-order chi connectivity index (χ0) is 16.4. The van der Waals surface area contributed by atoms with Crippen molar-refractivity contribution >= 4 is 11.8 Å². The Morgan fingerprint density at radius 3 is 2.70 bits per heavy atom. The SMILES string of the molecule is C[C@]12CCC(=O)CC1=CCC1C2CC[C@@]2(C)C1CC[C@@H]2C(=O)O. The molecule has 0 radical (unpaired) electrons. The molecule has 23 heavy (non-hydrogen) atoms. The molecule has 0 aromatic rings. The van der Waals surface area contributed by atoms with Gasteiger partial charge in [-0.05, 0) is 67.1 Å². The van der Waals surface area contributed by atoms with Gasteiger partial charge in [-0.15, -0.1) is 0 Å². The zero-order valence-corrected chi connectivity index (χ0v) is 14.3. The molecule has 4 aliphatic carbocycles. The lowest BCUT2D eigenvalue weighted by Gasteiger charge is -2.57. The van der Waals surface area contributed by atoms with Crippen LogP contribution in [0.3, 0.4) is 0 Å². The van der Waals surface area contributed by atoms with Crippen molar-refractivity contribution in [3.8, 4) is 0 Å². The van der Waals surface area contributed by atoms with E-state index in [1.54, 1.807) is 0 Å². The van der Waals surface area contributed by atoms with Crippen molar-refractivity contribution in [3.63, 3.8) is 0 Å². The van der Waals surface area contributed by atoms with Crippen molar-refractivity contribution in [1.29, 1.82) is 0 Å². The molecule has 3 unspecified atom stereocenters. The third-order valence-corrected chi connectivity index (χ3v) is 8.23. The number of carbonyl (C=O) groups excluding carboxylic acids is 1. The number of carboxylic acids is 1. The summed E-state index contributed by atoms with van der Waals surface area (Å²) in [6, 6.07) is 0. The number of hydrogen-bond donors (Lipinski definition) is 1. The van der Waals surface area contributed by atoms with Crippen molar-refractivity contribution in [2.75, 3.05) is 0 Å². The number of carbonyl (C=O) groups is 2. The molecule has 3 saturated carbocycles. The highest BCUT2D eigenvalue weighted by Crippen LogP contribution is 2.65. The molecule has 0 saturated heterocycles. The fourth-order valence-electron chi connectivity index (χ4n) is 6.88. The van der Waals surface area contributed by atoms with Crippen LogP contribution >= 0.6 is 0 Å². The number of aliphatic carboxylic acids is 1. The Labute approximate surface area is 138 Å². The summed E-state index contributed by atoms with van der Waals surface area (Å²) in [5.74, 6) is 1.49. The lowest BCUT2D eigenvalue weighted by Crippen LogP contribution is -2.50. The van der Waals surface area contributed by atoms with E-state index in [0.29, 0.717) is 30.0 Å². The van der Waals surface area contributed by atoms with Crippen molar-refractivity contribution in [3.05, 3.63) is 11.6 Å². The minimum Gasteiger partial charge on any atom is -0.481 e. The van der Waals surface area contributed by atoms with E-state index in [1.165, 1.54) is 5.57 Å². The third-order valence-electron chi connectivity index (χ3n) is 8.23. The monoisotopic (exact) mass is 316 g/mol. The molecule has 0 aromatic carbocycles. The first-order valence-electron chi connectivity index (χ1n) is 9.30. The Hall–Kier alpha value is -1.12. The predicted molar refractivity (Wildman–Crippen MR) is 87.8 cm³/mol. The second-order valence-corrected chi connectivity index (χ2v) is 8.99. The molecule has 1 N–H and O–H groups in total. The second-order valence-electron chi connectivity index (χ2n) is 8.99. The van der Waals surface area contributed by atoms with Crippen molar-refractivity contribution in [2.45, 2.75) is 65.2 Å². The average Bonchev–Trinajstić information content (AvgIpc) is 2.85. The summed E-state index contributed by atoms with van der Waals surface area (Å²) in [6.07, 6.45) is 9.95. The largest absolute Gasteiger partial charge is 0.481 e. The van der Waals surface area contributed by atoms with Crippen LogP contribution < -0.4 is 0 Å². The molecule has 3 fully saturated rings. The molecule has 0 bridgehead atoms. The van der Waals surface area contributed by atoms with Gasteiger partial charge < -0.3 is 5.11 Å². The van der Waals surface area contributed by atoms with E-state index in [9.17, 15) is 14.7 Å². The molecular weight excluding hydrogens is 288 g/mol. The number of ketones is 1. The van der Waals surface area contributed by atoms with Gasteiger partial charge in [0.1, 0.15) is 5.78 Å². The Kier molecular flexibility index (Phi) is 3.31. The fourth-order valence-corrected chi connectivity index (χ4v) is 6.88. The van der Waals surface area contributed by atoms with E-state index < -0.39 is 5.97 Å². The summed E-state index contributed by atoms with van der Waals surface area (Å²) in [5, 5.41) is 9.63. The van der Waals surface area contributed by atoms with E-state index in [2.05, 4.69) is 19.9 Å². The number of Topliss-reactive ketones (excluding diaryl/α,β-unsaturated/α-hetero) is 1. The topological polar surface area (TPSA) is 54.4 Å². The highest BCUT2D eigenvalue weighted by molar-refractivity contribution is 5.82. The molecule has 0 spiro atoms. The van der Waals surface area contributed by atoms with Gasteiger partial charge in [-0.2, -0.15) is 0 Å². The maximum atomic E-state index is 11.9. The first kappa shape index (κ1) is 15.4. The zero-order valence-electron chi connectivity index (χ0n) is 14.3. The van der Waals surface area contributed by atoms with Crippen molar-refractivity contribution in [1.82, 2.24) is 0 Å². The number of hydrogen-bond acceptors (Lipinski definition) is 2. The van der Waals surface area contributed by atoms with Crippen LogP contribution in [-0.4, -0.2) is 16.9 Å². The minimum atomic E-state index is -0.588. The molecule has 3 heteroatoms. The Balaban J connectivity index is 1.67. The first-order valence-corrected chi connectivity index (χ1v) is 9.30. The highest BCUT2D eigenvalue weighted by Gasteiger charge is 2.59. The van der Waals surface area contributed by atoms with E-state index in [0.717, 1.165) is 44.9 Å². The quantitative estimate of drug-likeness (QED) is 0.737. The van der Waals surface area contributed by atoms with Gasteiger partial charge in [0.05, 0.1) is 5.92 Å². The van der Waals surface area contributed by atoms with Crippen LogP contribution in [0.15, 0.2) is 11.6 Å². The second kappa shape index (κ2) is 4.94. The van der Waals surface area contributed by atoms with E-state index in [-0.39, 0.29) is 16.7 Å². The van der Waals surface area contributed by atoms with Gasteiger partial charge in [0.15, 0.2) is 0 Å². The lowest BCUT2D eigenvalue weighted by atomic mass is 9.47. The van der Waals surface area contributed by atoms with Gasteiger partial charge in [0.25, 0.3) is 0 Å². The Morgan fingerprint density at radius 1 is 1.17 bits per heavy atom. The Bertz CT molecular complexity index is 592. The van der Waals surface area contributed by atoms with Crippen LogP contribution in [0.5, 0.6) is 0 Å². The summed E-state index contributed by atoms with van der Waals surface area (Å²) in [7, 11) is 0. The number of rotatable bonds is 1. The van der Waals surface area contributed by atoms with Gasteiger partial charge in [-0.3, -0.25) is 9.59 Å². The van der Waals surface area contributed by atoms with E-state index in [4.69, 9.17) is 0 Å². The minimum absolute atomic E-state index is 0.0147. The summed E-state index contributed by atoms with van der Waals surface area (Å²) in [4.78, 5) is 23.6. The molecule has 0 heterocycles. The smallest absolute Gasteiger partial charge is 0.307 e. The summed E-state index contributed by atoms with van der Waals surface area (Å²) in [5.41, 5.74) is 1.57. The van der Waals surface area contributed by atoms with Crippen LogP contribution in [0.4, 0.5) is 0 Å². The van der Waals surface area contributed by atoms with Gasteiger partial charge in [-0.25, -0.2) is 0 Å². The molecule has 4 aliphatic rings. The first-order chi connectivity index (χ1) is 10.9. The van der Waals surface area contributed by atoms with E-state index >= 15 is 0 Å². The molecular formula is C20H28O3. The van der Waals surface area contributed by atoms with Gasteiger partial charge in [0, 0.05) is 12.8 Å². The van der Waals surface area contributed by atoms with E-state index in [1.807, 2.05) is 0 Å². The van der Waals surface area contributed by atoms with Crippen molar-refractivity contribution < 1.29 is 14.7 Å². The molecule has 0 aromatic heterocycles. The molecule has 4 rings (SSSR count). The molecule has 0 aliphatic heterocycles. The van der Waals surface area contributed by atoms with Gasteiger partial charge in [0.2, 0.25) is 0 Å². The predicted octanol–water partition coefficient (Wildman–Crippen LogP) is 4.22. The molecule has 0 amide bonds. The maximum absolute atomic E-state index is 11.9. The summed E-state index contributed by atoms with van der Waals surface area (Å²) >= 11 is 0. The summed E-state index contributed by atoms with van der Waals surface area (Å²) < 4.78 is 0. The normalized spacial score (nSPS) is 49.0.